The smallest absolute Gasteiger partial charge is 0.257 e. The Morgan fingerprint density at radius 1 is 0.833 bits per heavy atom. The quantitative estimate of drug-likeness (QED) is 0.539. The molecule has 0 saturated heterocycles. The molecule has 1 amide bonds. The molecule has 0 bridgehead atoms. The van der Waals surface area contributed by atoms with Crippen LogP contribution in [0, 0.1) is 0 Å². The van der Waals surface area contributed by atoms with Crippen LogP contribution in [0.5, 0.6) is 23.0 Å². The molecule has 7 nitrogen and oxygen atoms in total. The molecule has 8 heteroatoms. The second-order valence-electron chi connectivity index (χ2n) is 5.97. The number of ether oxygens (including phenoxy) is 4. The van der Waals surface area contributed by atoms with Crippen molar-refractivity contribution in [3.63, 3.8) is 0 Å². The number of hydrogen-bond acceptors (Lipinski definition) is 6. The fraction of sp³-hybridized carbons (Fsp3) is 0.364. The Labute approximate surface area is 182 Å². The average Bonchev–Trinajstić information content (AvgIpc) is 2.72. The summed E-state index contributed by atoms with van der Waals surface area (Å²) in [6.07, 6.45) is 0. The first-order valence-corrected chi connectivity index (χ1v) is 10.3. The molecule has 0 heterocycles. The Morgan fingerprint density at radius 2 is 1.37 bits per heavy atom. The van der Waals surface area contributed by atoms with Crippen molar-refractivity contribution in [3.05, 3.63) is 42.0 Å². The van der Waals surface area contributed by atoms with Crippen molar-refractivity contribution >= 4 is 28.9 Å². The number of carbonyl (C=O) groups is 1. The molecule has 0 saturated carbocycles. The van der Waals surface area contributed by atoms with Crippen LogP contribution < -0.4 is 29.6 Å². The van der Waals surface area contributed by atoms with Gasteiger partial charge in [-0.2, -0.15) is 0 Å². The third-order valence-corrected chi connectivity index (χ3v) is 4.03. The largest absolute Gasteiger partial charge is 0.494 e. The van der Waals surface area contributed by atoms with E-state index >= 15 is 0 Å². The Balaban J connectivity index is 2.15. The summed E-state index contributed by atoms with van der Waals surface area (Å²) in [4.78, 5) is 12.8. The lowest BCUT2D eigenvalue weighted by atomic mass is 10.1. The first-order valence-electron chi connectivity index (χ1n) is 9.93. The molecule has 162 valence electrons. The van der Waals surface area contributed by atoms with Crippen LogP contribution in [0.25, 0.3) is 0 Å². The molecule has 0 radical (unpaired) electrons. The Hall–Kier alpha value is -3.00. The van der Waals surface area contributed by atoms with Crippen LogP contribution in [-0.4, -0.2) is 37.4 Å². The number of rotatable bonds is 10. The highest BCUT2D eigenvalue weighted by atomic mass is 32.1. The third-order valence-electron chi connectivity index (χ3n) is 3.82. The van der Waals surface area contributed by atoms with Crippen molar-refractivity contribution in [2.45, 2.75) is 27.7 Å². The van der Waals surface area contributed by atoms with E-state index in [2.05, 4.69) is 10.6 Å². The SMILES string of the molecule is CCOc1ccc(NC(=S)NC(=O)c2cc(OCC)c(OCC)c(OCC)c2)cc1. The van der Waals surface area contributed by atoms with E-state index in [0.717, 1.165) is 11.4 Å². The molecule has 0 aliphatic rings. The number of carbonyl (C=O) groups excluding carboxylic acids is 1. The maximum Gasteiger partial charge on any atom is 0.257 e. The number of thiocarbonyl (C=S) groups is 1. The van der Waals surface area contributed by atoms with Gasteiger partial charge in [0.1, 0.15) is 5.75 Å². The van der Waals surface area contributed by atoms with Gasteiger partial charge < -0.3 is 24.3 Å². The van der Waals surface area contributed by atoms with Gasteiger partial charge in [-0.15, -0.1) is 0 Å². The predicted octanol–water partition coefficient (Wildman–Crippen LogP) is 4.41. The van der Waals surface area contributed by atoms with Gasteiger partial charge >= 0.3 is 0 Å². The minimum Gasteiger partial charge on any atom is -0.494 e. The second-order valence-corrected chi connectivity index (χ2v) is 6.37. The summed E-state index contributed by atoms with van der Waals surface area (Å²) < 4.78 is 22.4. The molecule has 2 aromatic carbocycles. The van der Waals surface area contributed by atoms with E-state index in [1.165, 1.54) is 0 Å². The highest BCUT2D eigenvalue weighted by Gasteiger charge is 2.19. The molecule has 0 aromatic heterocycles. The molecular formula is C22H28N2O5S. The Morgan fingerprint density at radius 3 is 1.87 bits per heavy atom. The molecule has 0 aliphatic heterocycles. The lowest BCUT2D eigenvalue weighted by Crippen LogP contribution is -2.34. The summed E-state index contributed by atoms with van der Waals surface area (Å²) in [7, 11) is 0. The van der Waals surface area contributed by atoms with Gasteiger partial charge in [-0.05, 0) is 76.3 Å². The predicted molar refractivity (Wildman–Crippen MR) is 121 cm³/mol. The van der Waals surface area contributed by atoms with Gasteiger partial charge in [0, 0.05) is 11.3 Å². The summed E-state index contributed by atoms with van der Waals surface area (Å²) >= 11 is 5.27. The minimum absolute atomic E-state index is 0.175. The van der Waals surface area contributed by atoms with Crippen LogP contribution in [-0.2, 0) is 0 Å². The maximum absolute atomic E-state index is 12.8. The minimum atomic E-state index is -0.386. The molecule has 0 unspecified atom stereocenters. The monoisotopic (exact) mass is 432 g/mol. The number of nitrogens with one attached hydrogen (secondary N) is 2. The van der Waals surface area contributed by atoms with Crippen LogP contribution in [0.15, 0.2) is 36.4 Å². The first-order chi connectivity index (χ1) is 14.5. The van der Waals surface area contributed by atoms with Crippen LogP contribution in [0.1, 0.15) is 38.1 Å². The van der Waals surface area contributed by atoms with Gasteiger partial charge in [0.25, 0.3) is 5.91 Å². The molecular weight excluding hydrogens is 404 g/mol. The highest BCUT2D eigenvalue weighted by molar-refractivity contribution is 7.80. The van der Waals surface area contributed by atoms with Crippen molar-refractivity contribution in [1.29, 1.82) is 0 Å². The lowest BCUT2D eigenvalue weighted by Gasteiger charge is -2.17. The van der Waals surface area contributed by atoms with Crippen LogP contribution in [0.2, 0.25) is 0 Å². The topological polar surface area (TPSA) is 78.1 Å². The van der Waals surface area contributed by atoms with E-state index in [1.807, 2.05) is 52.0 Å². The summed E-state index contributed by atoms with van der Waals surface area (Å²) in [6.45, 7) is 9.40. The zero-order valence-corrected chi connectivity index (χ0v) is 18.6. The van der Waals surface area contributed by atoms with E-state index in [0.29, 0.717) is 49.2 Å². The third kappa shape index (κ3) is 6.52. The maximum atomic E-state index is 12.8. The summed E-state index contributed by atoms with van der Waals surface area (Å²) in [5, 5.41) is 5.83. The van der Waals surface area contributed by atoms with Gasteiger partial charge in [0.05, 0.1) is 26.4 Å². The average molecular weight is 433 g/mol. The lowest BCUT2D eigenvalue weighted by molar-refractivity contribution is 0.0976. The number of hydrogen-bond donors (Lipinski definition) is 2. The van der Waals surface area contributed by atoms with E-state index in [-0.39, 0.29) is 11.0 Å². The molecule has 0 atom stereocenters. The van der Waals surface area contributed by atoms with Gasteiger partial charge in [-0.25, -0.2) is 0 Å². The van der Waals surface area contributed by atoms with Crippen LogP contribution in [0.3, 0.4) is 0 Å². The van der Waals surface area contributed by atoms with E-state index < -0.39 is 0 Å². The summed E-state index contributed by atoms with van der Waals surface area (Å²) in [6, 6.07) is 10.5. The summed E-state index contributed by atoms with van der Waals surface area (Å²) in [5.41, 5.74) is 1.08. The zero-order chi connectivity index (χ0) is 21.9. The fourth-order valence-electron chi connectivity index (χ4n) is 2.66. The van der Waals surface area contributed by atoms with E-state index in [4.69, 9.17) is 31.2 Å². The summed E-state index contributed by atoms with van der Waals surface area (Å²) in [5.74, 6) is 1.75. The molecule has 30 heavy (non-hydrogen) atoms. The molecule has 2 rings (SSSR count). The van der Waals surface area contributed by atoms with Crippen molar-refractivity contribution < 1.29 is 23.7 Å². The van der Waals surface area contributed by atoms with Crippen LogP contribution in [0.4, 0.5) is 5.69 Å². The van der Waals surface area contributed by atoms with Gasteiger partial charge in [0.15, 0.2) is 16.6 Å². The second kappa shape index (κ2) is 11.9. The molecule has 0 fully saturated rings. The standard InChI is InChI=1S/C22H28N2O5S/c1-5-26-17-11-9-16(10-12-17)23-22(30)24-21(25)15-13-18(27-6-2)20(29-8-4)19(14-15)28-7-3/h9-14H,5-8H2,1-4H3,(H2,23,24,25,30). The zero-order valence-electron chi connectivity index (χ0n) is 17.7. The van der Waals surface area contributed by atoms with Crippen molar-refractivity contribution in [1.82, 2.24) is 5.32 Å². The Bertz CT molecular complexity index is 828. The van der Waals surface area contributed by atoms with Crippen molar-refractivity contribution in [3.8, 4) is 23.0 Å². The fourth-order valence-corrected chi connectivity index (χ4v) is 2.87. The first kappa shape index (κ1) is 23.3. The van der Waals surface area contributed by atoms with Crippen molar-refractivity contribution in [2.24, 2.45) is 0 Å². The van der Waals surface area contributed by atoms with Gasteiger partial charge in [0.2, 0.25) is 5.75 Å². The van der Waals surface area contributed by atoms with E-state index in [9.17, 15) is 4.79 Å². The number of benzene rings is 2. The van der Waals surface area contributed by atoms with Gasteiger partial charge in [-0.1, -0.05) is 0 Å². The molecule has 0 spiro atoms. The molecule has 2 N–H and O–H groups in total. The number of anilines is 1. The van der Waals surface area contributed by atoms with Crippen LogP contribution >= 0.6 is 12.2 Å². The number of amides is 1. The Kier molecular flexibility index (Phi) is 9.21. The highest BCUT2D eigenvalue weighted by Crippen LogP contribution is 2.39. The molecule has 0 aliphatic carbocycles. The van der Waals surface area contributed by atoms with Gasteiger partial charge in [-0.3, -0.25) is 10.1 Å². The molecule has 2 aromatic rings. The van der Waals surface area contributed by atoms with E-state index in [1.54, 1.807) is 12.1 Å². The van der Waals surface area contributed by atoms with Crippen molar-refractivity contribution in [2.75, 3.05) is 31.7 Å². The normalized spacial score (nSPS) is 10.1.